The summed E-state index contributed by atoms with van der Waals surface area (Å²) in [5.74, 6) is -1.57. The summed E-state index contributed by atoms with van der Waals surface area (Å²) in [6.07, 6.45) is 78.0. The lowest BCUT2D eigenvalue weighted by Gasteiger charge is -2.21. The number of hydrogen-bond acceptors (Lipinski definition) is 14. The molecule has 0 aromatic rings. The Bertz CT molecular complexity index is 2070. The van der Waals surface area contributed by atoms with Gasteiger partial charge >= 0.3 is 33.6 Å². The molecule has 95 heavy (non-hydrogen) atoms. The van der Waals surface area contributed by atoms with E-state index in [1.165, 1.54) is 141 Å². The topological polar surface area (TPSA) is 231 Å². The number of carbonyl (C=O) groups excluding carboxylic acids is 3. The molecule has 0 heterocycles. The van der Waals surface area contributed by atoms with Crippen molar-refractivity contribution in [1.82, 2.24) is 0 Å². The lowest BCUT2D eigenvalue weighted by molar-refractivity contribution is -0.161. The third-order valence-corrected chi connectivity index (χ3v) is 18.0. The normalized spacial score (nSPS) is 14.6. The molecule has 0 fully saturated rings. The van der Waals surface area contributed by atoms with Crippen LogP contribution in [0.2, 0.25) is 0 Å². The van der Waals surface area contributed by atoms with Gasteiger partial charge in [0.25, 0.3) is 0 Å². The smallest absolute Gasteiger partial charge is 0.463 e. The molecule has 0 radical (unpaired) electrons. The second-order valence-corrected chi connectivity index (χ2v) is 28.3. The number of phosphoric ester groups is 2. The molecule has 0 aliphatic rings. The van der Waals surface area contributed by atoms with Gasteiger partial charge in [-0.05, 0) is 96.3 Å². The van der Waals surface area contributed by atoms with Crippen LogP contribution in [0.4, 0.5) is 0 Å². The minimum Gasteiger partial charge on any atom is -0.463 e. The SMILES string of the molecule is CC/C=C\C/C=C\C/C=C\C/C=C\C/C=C\C/C=C\CCCCCCCCCCCCCCCCC(=O)OCC(O)COP(=O)(O)OCC(O)COP(=O)(O)OCC(COC(=O)CCCCCCC/C=C\CCCCCC)OC(=O)CCCCCCCCCCCCCCC. The molecule has 0 rings (SSSR count). The van der Waals surface area contributed by atoms with Crippen molar-refractivity contribution >= 4 is 33.6 Å². The van der Waals surface area contributed by atoms with Crippen LogP contribution in [0, 0.1) is 0 Å². The van der Waals surface area contributed by atoms with E-state index in [2.05, 4.69) is 106 Å². The van der Waals surface area contributed by atoms with Crippen molar-refractivity contribution in [3.63, 3.8) is 0 Å². The molecule has 0 saturated heterocycles. The van der Waals surface area contributed by atoms with E-state index in [0.29, 0.717) is 19.3 Å². The Hall–Kier alpha value is -3.27. The number of aliphatic hydroxyl groups excluding tert-OH is 2. The Kier molecular flexibility index (Phi) is 68.2. The summed E-state index contributed by atoms with van der Waals surface area (Å²) in [6, 6.07) is 0. The number of carbonyl (C=O) groups is 3. The van der Waals surface area contributed by atoms with Crippen LogP contribution in [0.1, 0.15) is 329 Å². The highest BCUT2D eigenvalue weighted by Gasteiger charge is 2.29. The maximum atomic E-state index is 12.9. The summed E-state index contributed by atoms with van der Waals surface area (Å²) < 4.78 is 60.9. The molecular weight excluding hydrogens is 1240 g/mol. The largest absolute Gasteiger partial charge is 0.472 e. The molecule has 0 aromatic carbocycles. The molecule has 5 atom stereocenters. The van der Waals surface area contributed by atoms with Crippen molar-refractivity contribution in [1.29, 1.82) is 0 Å². The summed E-state index contributed by atoms with van der Waals surface area (Å²) in [6.45, 7) is 2.57. The van der Waals surface area contributed by atoms with E-state index >= 15 is 0 Å². The van der Waals surface area contributed by atoms with Gasteiger partial charge in [0.05, 0.1) is 26.4 Å². The first-order valence-corrected chi connectivity index (χ1v) is 40.9. The second-order valence-electron chi connectivity index (χ2n) is 25.4. The molecule has 0 aliphatic heterocycles. The number of unbranched alkanes of at least 4 members (excludes halogenated alkanes) is 35. The van der Waals surface area contributed by atoms with Crippen LogP contribution >= 0.6 is 15.6 Å². The Morgan fingerprint density at radius 2 is 0.558 bits per heavy atom. The van der Waals surface area contributed by atoms with E-state index in [0.717, 1.165) is 128 Å². The molecule has 0 amide bonds. The van der Waals surface area contributed by atoms with Gasteiger partial charge in [-0.2, -0.15) is 0 Å². The fourth-order valence-electron chi connectivity index (χ4n) is 10.3. The van der Waals surface area contributed by atoms with Crippen molar-refractivity contribution in [3.05, 3.63) is 85.1 Å². The predicted octanol–water partition coefficient (Wildman–Crippen LogP) is 21.7. The zero-order valence-electron chi connectivity index (χ0n) is 60.1. The van der Waals surface area contributed by atoms with Crippen LogP contribution in [-0.4, -0.2) is 95.9 Å². The molecule has 0 bridgehead atoms. The van der Waals surface area contributed by atoms with Crippen LogP contribution in [0.3, 0.4) is 0 Å². The van der Waals surface area contributed by atoms with E-state index in [1.54, 1.807) is 0 Å². The Balaban J connectivity index is 4.34. The number of esters is 3. The van der Waals surface area contributed by atoms with Crippen LogP contribution in [0.15, 0.2) is 85.1 Å². The summed E-state index contributed by atoms with van der Waals surface area (Å²) in [4.78, 5) is 58.4. The summed E-state index contributed by atoms with van der Waals surface area (Å²) in [7, 11) is -9.76. The Labute approximate surface area is 578 Å². The number of allylic oxidation sites excluding steroid dienone is 14. The van der Waals surface area contributed by atoms with Crippen molar-refractivity contribution in [2.75, 3.05) is 39.6 Å². The average molecular weight is 1380 g/mol. The number of ether oxygens (including phenoxy) is 3. The number of phosphoric acid groups is 2. The minimum atomic E-state index is -4.92. The summed E-state index contributed by atoms with van der Waals surface area (Å²) in [5.41, 5.74) is 0. The molecule has 0 spiro atoms. The van der Waals surface area contributed by atoms with Crippen LogP contribution in [0.5, 0.6) is 0 Å². The minimum absolute atomic E-state index is 0.109. The van der Waals surface area contributed by atoms with Gasteiger partial charge in [-0.15, -0.1) is 0 Å². The highest BCUT2D eigenvalue weighted by atomic mass is 31.2. The zero-order chi connectivity index (χ0) is 69.5. The third-order valence-electron chi connectivity index (χ3n) is 16.1. The predicted molar refractivity (Wildman–Crippen MR) is 390 cm³/mol. The van der Waals surface area contributed by atoms with Crippen molar-refractivity contribution in [2.24, 2.45) is 0 Å². The van der Waals surface area contributed by atoms with Crippen LogP contribution in [0.25, 0.3) is 0 Å². The van der Waals surface area contributed by atoms with E-state index in [4.69, 9.17) is 32.3 Å². The second kappa shape index (κ2) is 70.6. The van der Waals surface area contributed by atoms with E-state index in [9.17, 15) is 43.5 Å². The van der Waals surface area contributed by atoms with Crippen molar-refractivity contribution < 1.29 is 75.8 Å². The molecule has 4 N–H and O–H groups in total. The van der Waals surface area contributed by atoms with Gasteiger partial charge < -0.3 is 34.2 Å². The van der Waals surface area contributed by atoms with Crippen molar-refractivity contribution in [2.45, 2.75) is 347 Å². The van der Waals surface area contributed by atoms with Gasteiger partial charge in [-0.3, -0.25) is 32.5 Å². The third kappa shape index (κ3) is 71.8. The van der Waals surface area contributed by atoms with Crippen molar-refractivity contribution in [3.8, 4) is 0 Å². The van der Waals surface area contributed by atoms with Gasteiger partial charge in [0, 0.05) is 19.3 Å². The number of hydrogen-bond donors (Lipinski definition) is 4. The van der Waals surface area contributed by atoms with E-state index in [1.807, 2.05) is 0 Å². The molecule has 0 aromatic heterocycles. The zero-order valence-corrected chi connectivity index (χ0v) is 61.9. The quantitative estimate of drug-likeness (QED) is 0.0146. The maximum Gasteiger partial charge on any atom is 0.472 e. The molecule has 18 heteroatoms. The maximum absolute atomic E-state index is 12.9. The van der Waals surface area contributed by atoms with Gasteiger partial charge in [0.15, 0.2) is 6.10 Å². The number of rotatable bonds is 72. The van der Waals surface area contributed by atoms with Crippen LogP contribution in [-0.2, 0) is 55.8 Å². The highest BCUT2D eigenvalue weighted by Crippen LogP contribution is 2.45. The standard InChI is InChI=1S/C77H138O16P2/c1-4-7-10-13-16-19-22-25-26-27-28-29-30-31-32-33-34-35-36-37-38-39-40-41-42-43-44-47-49-51-54-57-60-63-75(80)87-66-72(78)67-89-94(83,84)90-68-73(79)69-91-95(85,86)92-71-74(93-77(82)65-62-59-56-53-50-46-24-21-18-15-12-9-6-3)70-88-76(81)64-61-58-55-52-48-45-23-20-17-14-11-8-5-2/h7,10,16,19-20,23,25-26,28-29,31-32,34-35,72-74,78-79H,4-6,8-9,11-15,17-18,21-22,24,27,30,33,36-71H2,1-3H3,(H,83,84)(H,85,86)/b10-7-,19-16-,23-20-,26-25-,29-28-,32-31-,35-34-. The Morgan fingerprint density at radius 1 is 0.305 bits per heavy atom. The first kappa shape index (κ1) is 91.7. The molecule has 5 unspecified atom stereocenters. The fraction of sp³-hybridized carbons (Fsp3) is 0.779. The summed E-state index contributed by atoms with van der Waals surface area (Å²) in [5, 5.41) is 20.6. The lowest BCUT2D eigenvalue weighted by atomic mass is 10.0. The molecule has 0 aliphatic carbocycles. The first-order chi connectivity index (χ1) is 46.2. The molecular formula is C77H138O16P2. The molecule has 16 nitrogen and oxygen atoms in total. The molecule has 552 valence electrons. The highest BCUT2D eigenvalue weighted by molar-refractivity contribution is 7.47. The monoisotopic (exact) mass is 1380 g/mol. The fourth-order valence-corrected chi connectivity index (χ4v) is 11.9. The van der Waals surface area contributed by atoms with Gasteiger partial charge in [-0.1, -0.05) is 298 Å². The van der Waals surface area contributed by atoms with Gasteiger partial charge in [0.2, 0.25) is 0 Å². The average Bonchev–Trinajstić information content (AvgIpc) is 2.18. The first-order valence-electron chi connectivity index (χ1n) is 37.9. The van der Waals surface area contributed by atoms with E-state index in [-0.39, 0.29) is 19.3 Å². The summed E-state index contributed by atoms with van der Waals surface area (Å²) >= 11 is 0. The van der Waals surface area contributed by atoms with Gasteiger partial charge in [0.1, 0.15) is 25.4 Å². The number of aliphatic hydroxyl groups is 2. The van der Waals surface area contributed by atoms with Gasteiger partial charge in [-0.25, -0.2) is 9.13 Å². The Morgan fingerprint density at radius 3 is 0.905 bits per heavy atom. The molecule has 0 saturated carbocycles. The van der Waals surface area contributed by atoms with Crippen LogP contribution < -0.4 is 0 Å². The van der Waals surface area contributed by atoms with E-state index < -0.39 is 91.5 Å². The lowest BCUT2D eigenvalue weighted by Crippen LogP contribution is -2.30.